The van der Waals surface area contributed by atoms with Gasteiger partial charge in [-0.15, -0.1) is 6.58 Å². The van der Waals surface area contributed by atoms with Gasteiger partial charge in [0.1, 0.15) is 6.61 Å². The topological polar surface area (TPSA) is 82.1 Å². The van der Waals surface area contributed by atoms with E-state index in [0.717, 1.165) is 0 Å². The molecule has 0 radical (unpaired) electrons. The molecule has 0 aromatic carbocycles. The first-order valence-electron chi connectivity index (χ1n) is 4.44. The molecule has 1 N–H and O–H groups in total. The van der Waals surface area contributed by atoms with Crippen molar-refractivity contribution in [3.05, 3.63) is 24.8 Å². The highest BCUT2D eigenvalue weighted by atomic mass is 31.2. The number of ether oxygens (including phenoxy) is 1. The second kappa shape index (κ2) is 7.35. The third-order valence-corrected chi connectivity index (χ3v) is 2.26. The van der Waals surface area contributed by atoms with Gasteiger partial charge in [0.05, 0.1) is 13.2 Å². The van der Waals surface area contributed by atoms with E-state index in [-0.39, 0.29) is 25.4 Å². The first-order valence-corrected chi connectivity index (χ1v) is 5.94. The third-order valence-electron chi connectivity index (χ3n) is 1.27. The second-order valence-corrected chi connectivity index (χ2v) is 4.26. The molecule has 0 aliphatic heterocycles. The van der Waals surface area contributed by atoms with Crippen LogP contribution in [0.1, 0.15) is 6.92 Å². The van der Waals surface area contributed by atoms with E-state index in [2.05, 4.69) is 26.9 Å². The summed E-state index contributed by atoms with van der Waals surface area (Å²) in [7, 11) is -4.08. The van der Waals surface area contributed by atoms with Gasteiger partial charge in [0, 0.05) is 5.57 Å². The predicted octanol–water partition coefficient (Wildman–Crippen LogP) is 1.43. The summed E-state index contributed by atoms with van der Waals surface area (Å²) in [6, 6.07) is 0. The molecule has 0 saturated heterocycles. The van der Waals surface area contributed by atoms with E-state index in [1.54, 1.807) is 0 Å². The van der Waals surface area contributed by atoms with Gasteiger partial charge in [0.15, 0.2) is 0 Å². The molecule has 0 rings (SSSR count). The number of carbonyl (C=O) groups is 1. The lowest BCUT2D eigenvalue weighted by Crippen LogP contribution is -2.10. The SMILES string of the molecule is C=CCOP(=O)(O)OCCOC(=O)C(=C)C. The van der Waals surface area contributed by atoms with E-state index < -0.39 is 13.8 Å². The Hall–Kier alpha value is -0.940. The van der Waals surface area contributed by atoms with Crippen LogP contribution >= 0.6 is 7.82 Å². The first kappa shape index (κ1) is 15.1. The quantitative estimate of drug-likeness (QED) is 0.231. The minimum atomic E-state index is -4.08. The summed E-state index contributed by atoms with van der Waals surface area (Å²) in [4.78, 5) is 19.9. The van der Waals surface area contributed by atoms with Crippen molar-refractivity contribution in [3.63, 3.8) is 0 Å². The summed E-state index contributed by atoms with van der Waals surface area (Å²) in [6.07, 6.45) is 1.31. The monoisotopic (exact) mass is 250 g/mol. The van der Waals surface area contributed by atoms with Gasteiger partial charge in [0.25, 0.3) is 0 Å². The summed E-state index contributed by atoms with van der Waals surface area (Å²) in [6.45, 7) is 7.70. The molecule has 0 aromatic heterocycles. The van der Waals surface area contributed by atoms with Crippen LogP contribution in [0.15, 0.2) is 24.8 Å². The van der Waals surface area contributed by atoms with Crippen molar-refractivity contribution in [2.45, 2.75) is 6.92 Å². The molecule has 1 atom stereocenters. The van der Waals surface area contributed by atoms with Gasteiger partial charge in [-0.1, -0.05) is 12.7 Å². The highest BCUT2D eigenvalue weighted by molar-refractivity contribution is 7.47. The summed E-state index contributed by atoms with van der Waals surface area (Å²) >= 11 is 0. The van der Waals surface area contributed by atoms with E-state index in [0.29, 0.717) is 0 Å². The molecule has 0 aliphatic carbocycles. The Labute approximate surface area is 94.1 Å². The Morgan fingerprint density at radius 2 is 2.06 bits per heavy atom. The molecule has 0 fully saturated rings. The van der Waals surface area contributed by atoms with Crippen LogP contribution in [-0.2, 0) is 23.1 Å². The van der Waals surface area contributed by atoms with Crippen LogP contribution in [-0.4, -0.2) is 30.7 Å². The fraction of sp³-hybridized carbons (Fsp3) is 0.444. The van der Waals surface area contributed by atoms with Crippen molar-refractivity contribution >= 4 is 13.8 Å². The maximum atomic E-state index is 11.1. The smallest absolute Gasteiger partial charge is 0.460 e. The lowest BCUT2D eigenvalue weighted by atomic mass is 10.4. The average Bonchev–Trinajstić information content (AvgIpc) is 2.21. The Bertz CT molecular complexity index is 311. The zero-order valence-corrected chi connectivity index (χ0v) is 9.94. The Balaban J connectivity index is 3.73. The van der Waals surface area contributed by atoms with Crippen LogP contribution < -0.4 is 0 Å². The molecule has 0 aliphatic rings. The average molecular weight is 250 g/mol. The molecule has 6 nitrogen and oxygen atoms in total. The Morgan fingerprint density at radius 3 is 2.56 bits per heavy atom. The van der Waals surface area contributed by atoms with Crippen molar-refractivity contribution in [2.24, 2.45) is 0 Å². The predicted molar refractivity (Wildman–Crippen MR) is 57.7 cm³/mol. The van der Waals surface area contributed by atoms with Crippen LogP contribution in [0.25, 0.3) is 0 Å². The largest absolute Gasteiger partial charge is 0.472 e. The number of rotatable bonds is 8. The van der Waals surface area contributed by atoms with Gasteiger partial charge >= 0.3 is 13.8 Å². The summed E-state index contributed by atoms with van der Waals surface area (Å²) < 4.78 is 24.6. The van der Waals surface area contributed by atoms with E-state index in [4.69, 9.17) is 4.89 Å². The number of phosphoric ester groups is 1. The van der Waals surface area contributed by atoms with Crippen LogP contribution in [0.4, 0.5) is 0 Å². The van der Waals surface area contributed by atoms with E-state index in [9.17, 15) is 9.36 Å². The fourth-order valence-corrected chi connectivity index (χ4v) is 1.27. The molecule has 0 spiro atoms. The maximum Gasteiger partial charge on any atom is 0.472 e. The summed E-state index contributed by atoms with van der Waals surface area (Å²) in [5.41, 5.74) is 0.245. The van der Waals surface area contributed by atoms with Gasteiger partial charge in [-0.3, -0.25) is 9.05 Å². The van der Waals surface area contributed by atoms with Gasteiger partial charge < -0.3 is 9.63 Å². The molecule has 92 valence electrons. The molecule has 1 unspecified atom stereocenters. The molecule has 0 bridgehead atoms. The maximum absolute atomic E-state index is 11.1. The van der Waals surface area contributed by atoms with Crippen molar-refractivity contribution < 1.29 is 28.0 Å². The number of phosphoric acid groups is 1. The van der Waals surface area contributed by atoms with E-state index in [1.807, 2.05) is 0 Å². The summed E-state index contributed by atoms with van der Waals surface area (Å²) in [5.74, 6) is -0.580. The van der Waals surface area contributed by atoms with Crippen molar-refractivity contribution in [3.8, 4) is 0 Å². The second-order valence-electron chi connectivity index (χ2n) is 2.80. The Morgan fingerprint density at radius 1 is 1.44 bits per heavy atom. The van der Waals surface area contributed by atoms with Crippen LogP contribution in [0.3, 0.4) is 0 Å². The van der Waals surface area contributed by atoms with Gasteiger partial charge in [0.2, 0.25) is 0 Å². The molecule has 16 heavy (non-hydrogen) atoms. The standard InChI is InChI=1S/C9H15O6P/c1-4-5-14-16(11,12)15-7-6-13-9(10)8(2)3/h4H,1-2,5-7H2,3H3,(H,11,12). The zero-order valence-electron chi connectivity index (χ0n) is 9.05. The highest BCUT2D eigenvalue weighted by Gasteiger charge is 2.19. The van der Waals surface area contributed by atoms with Crippen LogP contribution in [0.2, 0.25) is 0 Å². The van der Waals surface area contributed by atoms with Crippen LogP contribution in [0, 0.1) is 0 Å². The van der Waals surface area contributed by atoms with Gasteiger partial charge in [-0.05, 0) is 6.92 Å². The number of hydrogen-bond acceptors (Lipinski definition) is 5. The van der Waals surface area contributed by atoms with Crippen molar-refractivity contribution in [1.82, 2.24) is 0 Å². The van der Waals surface area contributed by atoms with Crippen LogP contribution in [0.5, 0.6) is 0 Å². The normalized spacial score (nSPS) is 13.9. The molecule has 0 amide bonds. The number of carbonyl (C=O) groups excluding carboxylic acids is 1. The third kappa shape index (κ3) is 7.36. The number of hydrogen-bond donors (Lipinski definition) is 1. The molecular weight excluding hydrogens is 235 g/mol. The lowest BCUT2D eigenvalue weighted by Gasteiger charge is -2.10. The first-order chi connectivity index (χ1) is 7.39. The summed E-state index contributed by atoms with van der Waals surface area (Å²) in [5, 5.41) is 0. The van der Waals surface area contributed by atoms with Gasteiger partial charge in [-0.2, -0.15) is 0 Å². The van der Waals surface area contributed by atoms with Crippen molar-refractivity contribution in [2.75, 3.05) is 19.8 Å². The minimum absolute atomic E-state index is 0.0979. The highest BCUT2D eigenvalue weighted by Crippen LogP contribution is 2.42. The number of esters is 1. The minimum Gasteiger partial charge on any atom is -0.460 e. The van der Waals surface area contributed by atoms with E-state index >= 15 is 0 Å². The molecule has 0 heterocycles. The molecule has 0 saturated carbocycles. The van der Waals surface area contributed by atoms with Gasteiger partial charge in [-0.25, -0.2) is 9.36 Å². The fourth-order valence-electron chi connectivity index (χ4n) is 0.594. The zero-order chi connectivity index (χ0) is 12.6. The lowest BCUT2D eigenvalue weighted by molar-refractivity contribution is -0.139. The van der Waals surface area contributed by atoms with Crippen molar-refractivity contribution in [1.29, 1.82) is 0 Å². The molecular formula is C9H15O6P. The Kier molecular flexibility index (Phi) is 6.92. The molecule has 7 heteroatoms. The molecule has 0 aromatic rings. The van der Waals surface area contributed by atoms with E-state index in [1.165, 1.54) is 13.0 Å².